The number of fused-ring (bicyclic) bond motifs is 2. The van der Waals surface area contributed by atoms with Crippen LogP contribution in [0.5, 0.6) is 0 Å². The van der Waals surface area contributed by atoms with Crippen LogP contribution in [0.2, 0.25) is 0 Å². The number of hydrogen-bond acceptors (Lipinski definition) is 4. The molecule has 1 unspecified atom stereocenters. The Labute approximate surface area is 164 Å². The maximum atomic E-state index is 4.81. The first-order valence-corrected chi connectivity index (χ1v) is 9.88. The Hall–Kier alpha value is -3.05. The maximum absolute atomic E-state index is 4.81. The minimum absolute atomic E-state index is 0.278. The zero-order chi connectivity index (χ0) is 18.8. The fourth-order valence-electron chi connectivity index (χ4n) is 4.19. The number of aromatic amines is 1. The maximum Gasteiger partial charge on any atom is 0.121 e. The molecular weight excluding hydrogens is 346 g/mol. The Morgan fingerprint density at radius 1 is 0.929 bits per heavy atom. The third-order valence-electron chi connectivity index (χ3n) is 5.49. The topological polar surface area (TPSA) is 57.7 Å². The van der Waals surface area contributed by atoms with Gasteiger partial charge in [-0.25, -0.2) is 4.98 Å². The van der Waals surface area contributed by atoms with Crippen LogP contribution in [0.3, 0.4) is 0 Å². The standard InChI is InChI=1S/C23H23N5/c1-2-11-20-19(10-1)26-22(27-20)16-28(15-18-9-3-4-13-24-18)21-12-5-7-17-8-6-14-25-23(17)21/h1-4,6,8-11,13-14,21H,5,7,12,15-16H2,(H,26,27). The lowest BCUT2D eigenvalue weighted by Crippen LogP contribution is -2.32. The molecule has 1 aromatic carbocycles. The van der Waals surface area contributed by atoms with Gasteiger partial charge in [-0.15, -0.1) is 0 Å². The van der Waals surface area contributed by atoms with E-state index in [9.17, 15) is 0 Å². The molecule has 0 spiro atoms. The first kappa shape index (κ1) is 17.1. The van der Waals surface area contributed by atoms with Crippen LogP contribution in [0.25, 0.3) is 11.0 Å². The van der Waals surface area contributed by atoms with Gasteiger partial charge in [-0.1, -0.05) is 24.3 Å². The van der Waals surface area contributed by atoms with Crippen molar-refractivity contribution in [2.75, 3.05) is 0 Å². The van der Waals surface area contributed by atoms with Crippen molar-refractivity contribution in [2.24, 2.45) is 0 Å². The van der Waals surface area contributed by atoms with Gasteiger partial charge >= 0.3 is 0 Å². The van der Waals surface area contributed by atoms with Crippen LogP contribution in [0.15, 0.2) is 67.0 Å². The molecule has 0 saturated heterocycles. The highest BCUT2D eigenvalue weighted by molar-refractivity contribution is 5.74. The van der Waals surface area contributed by atoms with E-state index in [1.807, 2.05) is 36.7 Å². The molecule has 3 heterocycles. The Balaban J connectivity index is 1.50. The minimum atomic E-state index is 0.278. The Kier molecular flexibility index (Phi) is 4.59. The minimum Gasteiger partial charge on any atom is -0.341 e. The van der Waals surface area contributed by atoms with Gasteiger partial charge in [0.1, 0.15) is 5.82 Å². The van der Waals surface area contributed by atoms with Crippen LogP contribution < -0.4 is 0 Å². The monoisotopic (exact) mass is 369 g/mol. The summed E-state index contributed by atoms with van der Waals surface area (Å²) in [6.07, 6.45) is 7.18. The van der Waals surface area contributed by atoms with Crippen molar-refractivity contribution < 1.29 is 0 Å². The summed E-state index contributed by atoms with van der Waals surface area (Å²) in [5.74, 6) is 0.986. The van der Waals surface area contributed by atoms with Gasteiger partial charge in [0.05, 0.1) is 35.0 Å². The van der Waals surface area contributed by atoms with Crippen LogP contribution in [0.4, 0.5) is 0 Å². The van der Waals surface area contributed by atoms with E-state index in [2.05, 4.69) is 45.2 Å². The third-order valence-corrected chi connectivity index (χ3v) is 5.49. The molecule has 1 aliphatic rings. The highest BCUT2D eigenvalue weighted by Crippen LogP contribution is 2.34. The SMILES string of the molecule is c1ccc(CN(Cc2nc3ccccc3[nH]2)C2CCCc3cccnc32)nc1. The largest absolute Gasteiger partial charge is 0.341 e. The molecule has 0 aliphatic heterocycles. The molecule has 3 aromatic heterocycles. The molecule has 5 nitrogen and oxygen atoms in total. The lowest BCUT2D eigenvalue weighted by Gasteiger charge is -2.34. The summed E-state index contributed by atoms with van der Waals surface area (Å²) < 4.78 is 0. The molecule has 4 aromatic rings. The van der Waals surface area contributed by atoms with Gasteiger partial charge in [0.25, 0.3) is 0 Å². The molecule has 0 amide bonds. The average molecular weight is 369 g/mol. The number of aromatic nitrogens is 4. The highest BCUT2D eigenvalue weighted by atomic mass is 15.2. The van der Waals surface area contributed by atoms with Crippen molar-refractivity contribution in [1.82, 2.24) is 24.8 Å². The smallest absolute Gasteiger partial charge is 0.121 e. The molecule has 28 heavy (non-hydrogen) atoms. The molecule has 5 heteroatoms. The fraction of sp³-hybridized carbons (Fsp3) is 0.261. The molecule has 140 valence electrons. The molecular formula is C23H23N5. The van der Waals surface area contributed by atoms with Crippen molar-refractivity contribution in [3.63, 3.8) is 0 Å². The van der Waals surface area contributed by atoms with Crippen molar-refractivity contribution in [3.05, 3.63) is 89.8 Å². The van der Waals surface area contributed by atoms with Gasteiger partial charge in [0.15, 0.2) is 0 Å². The van der Waals surface area contributed by atoms with E-state index in [4.69, 9.17) is 9.97 Å². The van der Waals surface area contributed by atoms with Crippen LogP contribution in [-0.4, -0.2) is 24.8 Å². The Morgan fingerprint density at radius 2 is 1.82 bits per heavy atom. The summed E-state index contributed by atoms with van der Waals surface area (Å²) in [5.41, 5.74) is 5.74. The number of hydrogen-bond donors (Lipinski definition) is 1. The summed E-state index contributed by atoms with van der Waals surface area (Å²) in [5, 5.41) is 0. The number of pyridine rings is 2. The summed E-state index contributed by atoms with van der Waals surface area (Å²) in [6, 6.07) is 18.8. The third kappa shape index (κ3) is 3.41. The van der Waals surface area contributed by atoms with E-state index in [0.29, 0.717) is 0 Å². The van der Waals surface area contributed by atoms with Gasteiger partial charge in [0, 0.05) is 18.9 Å². The molecule has 1 aliphatic carbocycles. The Bertz CT molecular complexity index is 1040. The number of benzene rings is 1. The quantitative estimate of drug-likeness (QED) is 0.565. The second kappa shape index (κ2) is 7.52. The molecule has 0 radical (unpaired) electrons. The van der Waals surface area contributed by atoms with E-state index >= 15 is 0 Å². The molecule has 0 fully saturated rings. The average Bonchev–Trinajstić information content (AvgIpc) is 3.16. The van der Waals surface area contributed by atoms with Gasteiger partial charge in [-0.3, -0.25) is 14.9 Å². The van der Waals surface area contributed by atoms with Crippen molar-refractivity contribution >= 4 is 11.0 Å². The first-order chi connectivity index (χ1) is 13.9. The van der Waals surface area contributed by atoms with Gasteiger partial charge in [0.2, 0.25) is 0 Å². The zero-order valence-electron chi connectivity index (χ0n) is 15.8. The molecule has 0 bridgehead atoms. The van der Waals surface area contributed by atoms with Crippen LogP contribution in [0, 0.1) is 0 Å². The van der Waals surface area contributed by atoms with E-state index in [1.54, 1.807) is 0 Å². The van der Waals surface area contributed by atoms with E-state index < -0.39 is 0 Å². The summed E-state index contributed by atoms with van der Waals surface area (Å²) in [4.78, 5) is 20.1. The number of nitrogens with zero attached hydrogens (tertiary/aromatic N) is 4. The Morgan fingerprint density at radius 3 is 2.71 bits per heavy atom. The molecule has 0 saturated carbocycles. The number of rotatable bonds is 5. The number of aryl methyl sites for hydroxylation is 1. The zero-order valence-corrected chi connectivity index (χ0v) is 15.8. The second-order valence-electron chi connectivity index (χ2n) is 7.38. The number of imidazole rings is 1. The van der Waals surface area contributed by atoms with Gasteiger partial charge in [-0.05, 0) is 55.2 Å². The van der Waals surface area contributed by atoms with Crippen LogP contribution in [0.1, 0.15) is 41.7 Å². The second-order valence-corrected chi connectivity index (χ2v) is 7.38. The molecule has 1 atom stereocenters. The van der Waals surface area contributed by atoms with Gasteiger partial charge < -0.3 is 4.98 Å². The number of nitrogens with one attached hydrogen (secondary N) is 1. The normalized spacial score (nSPS) is 16.4. The van der Waals surface area contributed by atoms with Crippen molar-refractivity contribution in [3.8, 4) is 0 Å². The lowest BCUT2D eigenvalue weighted by atomic mass is 9.90. The molecule has 5 rings (SSSR count). The summed E-state index contributed by atoms with van der Waals surface area (Å²) in [7, 11) is 0. The number of para-hydroxylation sites is 2. The fourth-order valence-corrected chi connectivity index (χ4v) is 4.19. The van der Waals surface area contributed by atoms with Crippen molar-refractivity contribution in [1.29, 1.82) is 0 Å². The van der Waals surface area contributed by atoms with E-state index in [-0.39, 0.29) is 6.04 Å². The van der Waals surface area contributed by atoms with E-state index in [1.165, 1.54) is 17.7 Å². The van der Waals surface area contributed by atoms with Gasteiger partial charge in [-0.2, -0.15) is 0 Å². The first-order valence-electron chi connectivity index (χ1n) is 9.88. The highest BCUT2D eigenvalue weighted by Gasteiger charge is 2.28. The lowest BCUT2D eigenvalue weighted by molar-refractivity contribution is 0.151. The predicted molar refractivity (Wildman–Crippen MR) is 109 cm³/mol. The summed E-state index contributed by atoms with van der Waals surface area (Å²) in [6.45, 7) is 1.52. The predicted octanol–water partition coefficient (Wildman–Crippen LogP) is 4.43. The van der Waals surface area contributed by atoms with E-state index in [0.717, 1.165) is 48.5 Å². The van der Waals surface area contributed by atoms with Crippen LogP contribution in [-0.2, 0) is 19.5 Å². The number of H-pyrrole nitrogens is 1. The van der Waals surface area contributed by atoms with Crippen molar-refractivity contribution in [2.45, 2.75) is 38.4 Å². The van der Waals surface area contributed by atoms with Crippen LogP contribution >= 0.6 is 0 Å². The molecule has 1 N–H and O–H groups in total. The summed E-state index contributed by atoms with van der Waals surface area (Å²) >= 11 is 0.